The molecule has 4 nitrogen and oxygen atoms in total. The zero-order valence-corrected chi connectivity index (χ0v) is 8.16. The van der Waals surface area contributed by atoms with Crippen LogP contribution in [0.3, 0.4) is 0 Å². The summed E-state index contributed by atoms with van der Waals surface area (Å²) in [5.74, 6) is -0.139. The molecule has 1 aromatic rings. The van der Waals surface area contributed by atoms with Crippen molar-refractivity contribution in [2.24, 2.45) is 0 Å². The van der Waals surface area contributed by atoms with Crippen molar-refractivity contribution in [2.45, 2.75) is 19.1 Å². The lowest BCUT2D eigenvalue weighted by atomic mass is 10.1. The maximum Gasteiger partial charge on any atom is 0.149 e. The van der Waals surface area contributed by atoms with Crippen LogP contribution >= 0.6 is 0 Å². The van der Waals surface area contributed by atoms with Crippen molar-refractivity contribution < 1.29 is 13.9 Å². The van der Waals surface area contributed by atoms with Crippen molar-refractivity contribution in [3.63, 3.8) is 0 Å². The monoisotopic (exact) mass is 210 g/mol. The molecule has 1 heterocycles. The molecule has 0 aliphatic carbocycles. The van der Waals surface area contributed by atoms with Crippen LogP contribution in [0.4, 0.5) is 15.8 Å². The molecule has 3 N–H and O–H groups in total. The van der Waals surface area contributed by atoms with Crippen LogP contribution in [0, 0.1) is 5.82 Å². The Hall–Kier alpha value is -1.78. The molecule has 0 saturated carbocycles. The minimum absolute atomic E-state index is 0.0315. The van der Waals surface area contributed by atoms with Gasteiger partial charge in [0.05, 0.1) is 11.4 Å². The van der Waals surface area contributed by atoms with E-state index in [1.54, 1.807) is 6.92 Å². The Balaban J connectivity index is 2.41. The number of nitrogens with one attached hydrogen (secondary N) is 1. The van der Waals surface area contributed by atoms with Gasteiger partial charge in [0, 0.05) is 6.07 Å². The van der Waals surface area contributed by atoms with Gasteiger partial charge < -0.3 is 20.6 Å². The van der Waals surface area contributed by atoms with Gasteiger partial charge in [-0.1, -0.05) is 0 Å². The number of ether oxygens (including phenoxy) is 1. The van der Waals surface area contributed by atoms with E-state index in [0.29, 0.717) is 11.4 Å². The molecular weight excluding hydrogens is 199 g/mol. The molecule has 1 aromatic carbocycles. The highest BCUT2D eigenvalue weighted by Gasteiger charge is 2.26. The average molecular weight is 210 g/mol. The fourth-order valence-corrected chi connectivity index (χ4v) is 1.50. The average Bonchev–Trinajstić information content (AvgIpc) is 2.20. The molecular formula is C10H11FN2O2. The molecule has 1 aliphatic heterocycles. The minimum Gasteiger partial charge on any atom is -0.486 e. The number of benzene rings is 1. The third-order valence-electron chi connectivity index (χ3n) is 2.39. The molecule has 0 spiro atoms. The number of carbonyl (C=O) groups is 1. The third-order valence-corrected chi connectivity index (χ3v) is 2.39. The van der Waals surface area contributed by atoms with E-state index >= 15 is 0 Å². The van der Waals surface area contributed by atoms with Gasteiger partial charge in [0.1, 0.15) is 30.0 Å². The Morgan fingerprint density at radius 2 is 2.33 bits per heavy atom. The van der Waals surface area contributed by atoms with E-state index in [9.17, 15) is 9.18 Å². The molecule has 1 aliphatic rings. The van der Waals surface area contributed by atoms with Crippen molar-refractivity contribution in [1.82, 2.24) is 0 Å². The first kappa shape index (κ1) is 9.76. The molecule has 15 heavy (non-hydrogen) atoms. The van der Waals surface area contributed by atoms with Crippen LogP contribution in [0.1, 0.15) is 6.92 Å². The smallest absolute Gasteiger partial charge is 0.149 e. The van der Waals surface area contributed by atoms with E-state index in [4.69, 9.17) is 10.5 Å². The van der Waals surface area contributed by atoms with Crippen LogP contribution in [0.15, 0.2) is 12.1 Å². The number of hydrogen-bond donors (Lipinski definition) is 2. The number of fused-ring (bicyclic) bond motifs is 1. The first-order valence-corrected chi connectivity index (χ1v) is 4.59. The molecule has 0 saturated heterocycles. The van der Waals surface area contributed by atoms with Gasteiger partial charge in [-0.15, -0.1) is 0 Å². The quantitative estimate of drug-likeness (QED) is 0.539. The van der Waals surface area contributed by atoms with Crippen molar-refractivity contribution in [2.75, 3.05) is 11.1 Å². The van der Waals surface area contributed by atoms with Gasteiger partial charge in [-0.2, -0.15) is 0 Å². The van der Waals surface area contributed by atoms with Gasteiger partial charge in [0.15, 0.2) is 0 Å². The summed E-state index contributed by atoms with van der Waals surface area (Å²) >= 11 is 0. The van der Waals surface area contributed by atoms with Crippen LogP contribution in [0.5, 0.6) is 5.75 Å². The van der Waals surface area contributed by atoms with Gasteiger partial charge in [-0.3, -0.25) is 0 Å². The molecule has 0 fully saturated rings. The Labute approximate surface area is 86.2 Å². The van der Waals surface area contributed by atoms with Gasteiger partial charge >= 0.3 is 0 Å². The molecule has 0 amide bonds. The predicted molar refractivity (Wildman–Crippen MR) is 54.4 cm³/mol. The van der Waals surface area contributed by atoms with E-state index in [1.165, 1.54) is 12.1 Å². The summed E-state index contributed by atoms with van der Waals surface area (Å²) < 4.78 is 18.5. The summed E-state index contributed by atoms with van der Waals surface area (Å²) in [6.45, 7) is 1.74. The van der Waals surface area contributed by atoms with Crippen molar-refractivity contribution in [1.29, 1.82) is 0 Å². The molecule has 0 bridgehead atoms. The number of anilines is 2. The first-order valence-electron chi connectivity index (χ1n) is 4.59. The van der Waals surface area contributed by atoms with Crippen LogP contribution < -0.4 is 15.8 Å². The number of nitrogen functional groups attached to an aromatic ring is 1. The maximum absolute atomic E-state index is 13.1. The largest absolute Gasteiger partial charge is 0.486 e. The number of aldehydes is 1. The van der Waals surface area contributed by atoms with Gasteiger partial charge in [-0.25, -0.2) is 4.39 Å². The zero-order chi connectivity index (χ0) is 11.0. The normalized spacial score (nSPS) is 23.6. The van der Waals surface area contributed by atoms with Crippen molar-refractivity contribution in [3.05, 3.63) is 17.9 Å². The molecule has 0 radical (unpaired) electrons. The fourth-order valence-electron chi connectivity index (χ4n) is 1.50. The van der Waals surface area contributed by atoms with E-state index in [0.717, 1.165) is 6.29 Å². The number of hydrogen-bond acceptors (Lipinski definition) is 4. The highest BCUT2D eigenvalue weighted by Crippen LogP contribution is 2.34. The van der Waals surface area contributed by atoms with Crippen LogP contribution in [0.25, 0.3) is 0 Å². The molecule has 5 heteroatoms. The van der Waals surface area contributed by atoms with E-state index in [2.05, 4.69) is 5.32 Å². The Morgan fingerprint density at radius 3 is 3.00 bits per heavy atom. The van der Waals surface area contributed by atoms with E-state index < -0.39 is 11.9 Å². The number of nitrogens with two attached hydrogens (primary N) is 1. The lowest BCUT2D eigenvalue weighted by molar-refractivity contribution is -0.110. The second-order valence-corrected chi connectivity index (χ2v) is 3.50. The van der Waals surface area contributed by atoms with Crippen LogP contribution in [-0.2, 0) is 4.79 Å². The summed E-state index contributed by atoms with van der Waals surface area (Å²) in [4.78, 5) is 10.7. The molecule has 0 aromatic heterocycles. The van der Waals surface area contributed by atoms with Crippen molar-refractivity contribution >= 4 is 17.7 Å². The molecule has 80 valence electrons. The lowest BCUT2D eigenvalue weighted by Gasteiger charge is -2.30. The SMILES string of the molecule is CC1Oc2cc(F)c(N)cc2NC1C=O. The van der Waals surface area contributed by atoms with E-state index in [1.807, 2.05) is 0 Å². The molecule has 2 unspecified atom stereocenters. The zero-order valence-electron chi connectivity index (χ0n) is 8.16. The Morgan fingerprint density at radius 1 is 1.60 bits per heavy atom. The number of carbonyl (C=O) groups excluding carboxylic acids is 1. The summed E-state index contributed by atoms with van der Waals surface area (Å²) in [6, 6.07) is 2.21. The Bertz CT molecular complexity index is 409. The number of halogens is 1. The minimum atomic E-state index is -0.521. The van der Waals surface area contributed by atoms with Crippen LogP contribution in [0.2, 0.25) is 0 Å². The van der Waals surface area contributed by atoms with Gasteiger partial charge in [-0.05, 0) is 13.0 Å². The van der Waals surface area contributed by atoms with Crippen molar-refractivity contribution in [3.8, 4) is 5.75 Å². The second kappa shape index (κ2) is 3.42. The first-order chi connectivity index (χ1) is 7.11. The summed E-state index contributed by atoms with van der Waals surface area (Å²) in [5, 5.41) is 2.92. The summed E-state index contributed by atoms with van der Waals surface area (Å²) in [5.41, 5.74) is 5.98. The topological polar surface area (TPSA) is 64.3 Å². The summed E-state index contributed by atoms with van der Waals surface area (Å²) in [7, 11) is 0. The third kappa shape index (κ3) is 1.60. The van der Waals surface area contributed by atoms with Gasteiger partial charge in [0.2, 0.25) is 0 Å². The number of rotatable bonds is 1. The fraction of sp³-hybridized carbons (Fsp3) is 0.300. The highest BCUT2D eigenvalue weighted by atomic mass is 19.1. The molecule has 2 rings (SSSR count). The Kier molecular flexibility index (Phi) is 2.22. The lowest BCUT2D eigenvalue weighted by Crippen LogP contribution is -2.40. The van der Waals surface area contributed by atoms with Crippen LogP contribution in [-0.4, -0.2) is 18.4 Å². The van der Waals surface area contributed by atoms with E-state index in [-0.39, 0.29) is 11.8 Å². The molecule has 2 atom stereocenters. The summed E-state index contributed by atoms with van der Waals surface area (Å²) in [6.07, 6.45) is 0.436. The second-order valence-electron chi connectivity index (χ2n) is 3.50. The predicted octanol–water partition coefficient (Wildman–Crippen LogP) is 1.17. The van der Waals surface area contributed by atoms with Gasteiger partial charge in [0.25, 0.3) is 0 Å². The maximum atomic E-state index is 13.1. The standard InChI is InChI=1S/C10H11FN2O2/c1-5-9(4-14)13-8-3-7(12)6(11)2-10(8)15-5/h2-5,9,13H,12H2,1H3. The highest BCUT2D eigenvalue weighted by molar-refractivity contribution is 5.73.